The van der Waals surface area contributed by atoms with E-state index < -0.39 is 0 Å². The summed E-state index contributed by atoms with van der Waals surface area (Å²) in [7, 11) is 0. The molecule has 0 aliphatic heterocycles. The van der Waals surface area contributed by atoms with Crippen LogP contribution in [0.4, 0.5) is 0 Å². The molecule has 0 aromatic carbocycles. The number of hydrogen-bond acceptors (Lipinski definition) is 3. The zero-order chi connectivity index (χ0) is 7.82. The molecule has 0 aromatic heterocycles. The normalized spacial score (nSPS) is 11.4. The van der Waals surface area contributed by atoms with E-state index in [9.17, 15) is 0 Å². The molecule has 1 nitrogen and oxygen atoms in total. The first kappa shape index (κ1) is 9.85. The minimum Gasteiger partial charge on any atom is -0.294 e. The van der Waals surface area contributed by atoms with Gasteiger partial charge in [-0.05, 0) is 30.1 Å². The van der Waals surface area contributed by atoms with Crippen molar-refractivity contribution in [2.45, 2.75) is 6.92 Å². The van der Waals surface area contributed by atoms with Gasteiger partial charge in [-0.2, -0.15) is 0 Å². The van der Waals surface area contributed by atoms with Gasteiger partial charge in [-0.25, -0.2) is 0 Å². The molecular formula is C7H11NS2. The number of allylic oxidation sites excluding steroid dienone is 1. The zero-order valence-corrected chi connectivity index (χ0v) is 7.76. The second kappa shape index (κ2) is 6.96. The summed E-state index contributed by atoms with van der Waals surface area (Å²) in [4.78, 5) is 0. The van der Waals surface area contributed by atoms with Gasteiger partial charge in [0.2, 0.25) is 0 Å². The third-order valence-corrected chi connectivity index (χ3v) is 2.03. The van der Waals surface area contributed by atoms with Crippen LogP contribution in [0.5, 0.6) is 0 Å². The summed E-state index contributed by atoms with van der Waals surface area (Å²) >= 11 is 3.02. The third-order valence-electron chi connectivity index (χ3n) is 0.733. The standard InChI is InChI=1S/C7H11NS2/c1-3-5-10-6-4-7(8)9-2/h3-6,8H,1-2H3. The predicted octanol–water partition coefficient (Wildman–Crippen LogP) is 3.11. The molecule has 0 amide bonds. The largest absolute Gasteiger partial charge is 0.294 e. The third kappa shape index (κ3) is 5.98. The van der Waals surface area contributed by atoms with Crippen molar-refractivity contribution in [1.82, 2.24) is 0 Å². The van der Waals surface area contributed by atoms with Crippen LogP contribution in [0.25, 0.3) is 0 Å². The lowest BCUT2D eigenvalue weighted by atomic mass is 10.7. The summed E-state index contributed by atoms with van der Waals surface area (Å²) in [6, 6.07) is 0. The van der Waals surface area contributed by atoms with Gasteiger partial charge in [0.25, 0.3) is 0 Å². The second-order valence-electron chi connectivity index (χ2n) is 1.48. The first-order chi connectivity index (χ1) is 4.81. The summed E-state index contributed by atoms with van der Waals surface area (Å²) in [5, 5.41) is 11.7. The molecular weight excluding hydrogens is 162 g/mol. The number of nitrogens with one attached hydrogen (secondary N) is 1. The molecule has 0 spiro atoms. The molecule has 0 rings (SSSR count). The summed E-state index contributed by atoms with van der Waals surface area (Å²) in [5.74, 6) is 0. The highest BCUT2D eigenvalue weighted by molar-refractivity contribution is 8.13. The van der Waals surface area contributed by atoms with Crippen molar-refractivity contribution < 1.29 is 0 Å². The van der Waals surface area contributed by atoms with E-state index >= 15 is 0 Å². The van der Waals surface area contributed by atoms with Crippen LogP contribution in [0.15, 0.2) is 23.0 Å². The minimum atomic E-state index is 0.594. The molecule has 56 valence electrons. The van der Waals surface area contributed by atoms with Crippen molar-refractivity contribution >= 4 is 28.6 Å². The van der Waals surface area contributed by atoms with Crippen molar-refractivity contribution in [3.63, 3.8) is 0 Å². The molecule has 0 saturated heterocycles. The van der Waals surface area contributed by atoms with Crippen LogP contribution in [-0.4, -0.2) is 11.3 Å². The maximum Gasteiger partial charge on any atom is 0.0872 e. The number of thioether (sulfide) groups is 2. The molecule has 0 radical (unpaired) electrons. The fraction of sp³-hybridized carbons (Fsp3) is 0.286. The Kier molecular flexibility index (Phi) is 6.86. The monoisotopic (exact) mass is 173 g/mol. The molecule has 0 aliphatic carbocycles. The average molecular weight is 173 g/mol. The number of hydrogen-bond donors (Lipinski definition) is 1. The zero-order valence-electron chi connectivity index (χ0n) is 6.13. The fourth-order valence-corrected chi connectivity index (χ4v) is 1.05. The van der Waals surface area contributed by atoms with Crippen LogP contribution in [0, 0.1) is 5.41 Å². The Balaban J connectivity index is 3.45. The Labute approximate surface area is 70.5 Å². The van der Waals surface area contributed by atoms with E-state index in [1.54, 1.807) is 17.8 Å². The molecule has 0 fully saturated rings. The topological polar surface area (TPSA) is 23.9 Å². The van der Waals surface area contributed by atoms with Crippen LogP contribution in [0.2, 0.25) is 0 Å². The summed E-state index contributed by atoms with van der Waals surface area (Å²) in [6.45, 7) is 1.97. The lowest BCUT2D eigenvalue weighted by molar-refractivity contribution is 1.57. The molecule has 0 aromatic rings. The Bertz CT molecular complexity index is 150. The highest BCUT2D eigenvalue weighted by atomic mass is 32.2. The smallest absolute Gasteiger partial charge is 0.0872 e. The van der Waals surface area contributed by atoms with E-state index in [1.807, 2.05) is 30.1 Å². The van der Waals surface area contributed by atoms with Gasteiger partial charge in [0.1, 0.15) is 0 Å². The van der Waals surface area contributed by atoms with E-state index in [-0.39, 0.29) is 0 Å². The van der Waals surface area contributed by atoms with E-state index in [0.717, 1.165) is 0 Å². The van der Waals surface area contributed by atoms with E-state index in [4.69, 9.17) is 5.41 Å². The van der Waals surface area contributed by atoms with E-state index in [1.165, 1.54) is 11.8 Å². The Morgan fingerprint density at radius 3 is 2.60 bits per heavy atom. The Hall–Kier alpha value is -0.150. The van der Waals surface area contributed by atoms with Gasteiger partial charge in [-0.15, -0.1) is 23.5 Å². The minimum absolute atomic E-state index is 0.594. The summed E-state index contributed by atoms with van der Waals surface area (Å²) in [5.41, 5.74) is 0. The average Bonchev–Trinajstić information content (AvgIpc) is 1.98. The van der Waals surface area contributed by atoms with Gasteiger partial charge >= 0.3 is 0 Å². The molecule has 0 unspecified atom stereocenters. The first-order valence-electron chi connectivity index (χ1n) is 2.87. The molecule has 3 heteroatoms. The first-order valence-corrected chi connectivity index (χ1v) is 5.03. The predicted molar refractivity (Wildman–Crippen MR) is 52.8 cm³/mol. The summed E-state index contributed by atoms with van der Waals surface area (Å²) in [6.07, 6.45) is 5.65. The molecule has 0 heterocycles. The van der Waals surface area contributed by atoms with Crippen molar-refractivity contribution in [2.24, 2.45) is 0 Å². The highest BCUT2D eigenvalue weighted by Gasteiger charge is 1.81. The molecule has 0 aliphatic rings. The van der Waals surface area contributed by atoms with Crippen LogP contribution < -0.4 is 0 Å². The molecule has 1 N–H and O–H groups in total. The number of rotatable bonds is 3. The molecule has 0 saturated carbocycles. The van der Waals surface area contributed by atoms with Gasteiger partial charge in [0, 0.05) is 0 Å². The molecule has 0 atom stereocenters. The lowest BCUT2D eigenvalue weighted by Crippen LogP contribution is -1.76. The van der Waals surface area contributed by atoms with Crippen LogP contribution >= 0.6 is 23.5 Å². The van der Waals surface area contributed by atoms with Crippen molar-refractivity contribution in [1.29, 1.82) is 5.41 Å². The van der Waals surface area contributed by atoms with Crippen molar-refractivity contribution in [2.75, 3.05) is 6.26 Å². The van der Waals surface area contributed by atoms with Gasteiger partial charge in [0.05, 0.1) is 5.04 Å². The van der Waals surface area contributed by atoms with E-state index in [2.05, 4.69) is 0 Å². The van der Waals surface area contributed by atoms with Gasteiger partial charge in [0.15, 0.2) is 0 Å². The molecule has 0 bridgehead atoms. The van der Waals surface area contributed by atoms with Crippen molar-refractivity contribution in [3.05, 3.63) is 23.0 Å². The summed E-state index contributed by atoms with van der Waals surface area (Å²) < 4.78 is 0. The van der Waals surface area contributed by atoms with Crippen LogP contribution in [-0.2, 0) is 0 Å². The molecule has 10 heavy (non-hydrogen) atoms. The van der Waals surface area contributed by atoms with E-state index in [0.29, 0.717) is 5.04 Å². The SMILES string of the molecule is CC=CSC=CC(=N)SC. The maximum absolute atomic E-state index is 7.21. The Morgan fingerprint density at radius 2 is 2.10 bits per heavy atom. The van der Waals surface area contributed by atoms with Crippen LogP contribution in [0.1, 0.15) is 6.92 Å². The highest BCUT2D eigenvalue weighted by Crippen LogP contribution is 2.05. The lowest BCUT2D eigenvalue weighted by Gasteiger charge is -1.86. The van der Waals surface area contributed by atoms with Crippen LogP contribution in [0.3, 0.4) is 0 Å². The van der Waals surface area contributed by atoms with Gasteiger partial charge < -0.3 is 0 Å². The Morgan fingerprint density at radius 1 is 1.40 bits per heavy atom. The second-order valence-corrected chi connectivity index (χ2v) is 3.14. The van der Waals surface area contributed by atoms with Crippen molar-refractivity contribution in [3.8, 4) is 0 Å². The van der Waals surface area contributed by atoms with Gasteiger partial charge in [-0.3, -0.25) is 5.41 Å². The quantitative estimate of drug-likeness (QED) is 0.523. The maximum atomic E-state index is 7.21. The fourth-order valence-electron chi connectivity index (χ4n) is 0.293. The van der Waals surface area contributed by atoms with Gasteiger partial charge in [-0.1, -0.05) is 6.08 Å².